The largest absolute Gasteiger partial charge is 0.493 e. The van der Waals surface area contributed by atoms with Crippen LogP contribution in [0.4, 0.5) is 0 Å². The zero-order valence-corrected chi connectivity index (χ0v) is 34.4. The number of benzene rings is 3. The summed E-state index contributed by atoms with van der Waals surface area (Å²) in [4.78, 5) is 30.1. The van der Waals surface area contributed by atoms with Crippen LogP contribution in [0.2, 0.25) is 5.02 Å². The van der Waals surface area contributed by atoms with Gasteiger partial charge < -0.3 is 29.4 Å². The van der Waals surface area contributed by atoms with E-state index in [2.05, 4.69) is 42.4 Å². The average Bonchev–Trinajstić information content (AvgIpc) is 3.24. The summed E-state index contributed by atoms with van der Waals surface area (Å²) in [7, 11) is 1.46. The average molecular weight is 809 g/mol. The lowest BCUT2D eigenvalue weighted by atomic mass is 9.86. The fraction of sp³-hybridized carbons (Fsp3) is 0.435. The van der Waals surface area contributed by atoms with E-state index in [9.17, 15) is 20.0 Å². The van der Waals surface area contributed by atoms with Crippen molar-refractivity contribution in [3.63, 3.8) is 0 Å². The highest BCUT2D eigenvalue weighted by Crippen LogP contribution is 2.37. The van der Waals surface area contributed by atoms with Crippen molar-refractivity contribution in [1.29, 1.82) is 5.26 Å². The van der Waals surface area contributed by atoms with Gasteiger partial charge in [-0.05, 0) is 118 Å². The number of nitrogens with one attached hydrogen (secondary N) is 1. The molecular formula is C46H53ClN4O7. The molecule has 1 saturated carbocycles. The van der Waals surface area contributed by atoms with Gasteiger partial charge in [0.25, 0.3) is 0 Å². The van der Waals surface area contributed by atoms with Crippen molar-refractivity contribution >= 4 is 23.5 Å². The summed E-state index contributed by atoms with van der Waals surface area (Å²) in [6.07, 6.45) is 10.1. The predicted octanol–water partition coefficient (Wildman–Crippen LogP) is 8.58. The molecule has 1 aliphatic heterocycles. The number of carboxylic acids is 1. The van der Waals surface area contributed by atoms with Crippen LogP contribution in [0.25, 0.3) is 11.1 Å². The molecule has 2 N–H and O–H groups in total. The van der Waals surface area contributed by atoms with Crippen molar-refractivity contribution in [2.75, 3.05) is 26.8 Å². The van der Waals surface area contributed by atoms with E-state index in [1.807, 2.05) is 29.2 Å². The molecule has 1 aromatic heterocycles. The van der Waals surface area contributed by atoms with E-state index in [-0.39, 0.29) is 25.1 Å². The summed E-state index contributed by atoms with van der Waals surface area (Å²) >= 11 is 6.87. The second-order valence-corrected chi connectivity index (χ2v) is 15.6. The van der Waals surface area contributed by atoms with Gasteiger partial charge in [-0.25, -0.2) is 0 Å². The van der Waals surface area contributed by atoms with Crippen LogP contribution < -0.4 is 19.5 Å². The van der Waals surface area contributed by atoms with Crippen LogP contribution >= 0.6 is 11.6 Å². The first-order valence-electron chi connectivity index (χ1n) is 20.2. The maximum atomic E-state index is 12.1. The van der Waals surface area contributed by atoms with Gasteiger partial charge in [0.1, 0.15) is 42.6 Å². The lowest BCUT2D eigenvalue weighted by molar-refractivity contribution is -0.147. The quantitative estimate of drug-likeness (QED) is 0.0782. The number of carbonyl (C=O) groups excluding carboxylic acids is 1. The molecule has 306 valence electrons. The van der Waals surface area contributed by atoms with Crippen molar-refractivity contribution in [3.8, 4) is 34.4 Å². The van der Waals surface area contributed by atoms with E-state index in [0.717, 1.165) is 96.2 Å². The molecule has 11 nitrogen and oxygen atoms in total. The Morgan fingerprint density at radius 2 is 1.66 bits per heavy atom. The molecule has 0 amide bonds. The number of hydrogen-bond acceptors (Lipinski definition) is 10. The first kappa shape index (κ1) is 42.5. The second kappa shape index (κ2) is 20.5. The Morgan fingerprint density at radius 3 is 2.41 bits per heavy atom. The number of nitriles is 1. The summed E-state index contributed by atoms with van der Waals surface area (Å²) in [5, 5.41) is 23.3. The number of ether oxygens (including phenoxy) is 4. The van der Waals surface area contributed by atoms with Gasteiger partial charge in [-0.1, -0.05) is 48.4 Å². The number of esters is 1. The van der Waals surface area contributed by atoms with E-state index >= 15 is 0 Å². The minimum Gasteiger partial charge on any atom is -0.493 e. The van der Waals surface area contributed by atoms with Crippen molar-refractivity contribution in [3.05, 3.63) is 105 Å². The third kappa shape index (κ3) is 10.9. The molecule has 1 aliphatic carbocycles. The van der Waals surface area contributed by atoms with Gasteiger partial charge in [0.05, 0.1) is 30.2 Å². The maximum Gasteiger partial charge on any atom is 0.320 e. The SMILES string of the molecule is COC(=O)C1CCC(NCCCOc2cccc(-c3cccc(COc4cc(OCc5cncc(C#N)c5)c(CN5CCCC[C@H]5C(=O)O)cc4Cl)c3C)c2C)CC1. The molecule has 2 aliphatic rings. The van der Waals surface area contributed by atoms with Crippen LogP contribution in [0, 0.1) is 31.1 Å². The molecule has 58 heavy (non-hydrogen) atoms. The van der Waals surface area contributed by atoms with Gasteiger partial charge in [0.15, 0.2) is 0 Å². The van der Waals surface area contributed by atoms with E-state index in [0.29, 0.717) is 54.2 Å². The van der Waals surface area contributed by atoms with Gasteiger partial charge in [-0.2, -0.15) is 5.26 Å². The molecule has 12 heteroatoms. The number of carboxylic acid groups (broad SMARTS) is 1. The van der Waals surface area contributed by atoms with E-state index in [4.69, 9.17) is 30.5 Å². The molecule has 1 atom stereocenters. The van der Waals surface area contributed by atoms with Gasteiger partial charge in [0, 0.05) is 42.2 Å². The van der Waals surface area contributed by atoms with Gasteiger partial charge in [-0.3, -0.25) is 19.5 Å². The first-order chi connectivity index (χ1) is 28.1. The fourth-order valence-corrected chi connectivity index (χ4v) is 8.26. The first-order valence-corrected chi connectivity index (χ1v) is 20.5. The molecule has 0 spiro atoms. The minimum absolute atomic E-state index is 0.0282. The summed E-state index contributed by atoms with van der Waals surface area (Å²) in [6.45, 7) is 7.04. The molecule has 1 saturated heterocycles. The number of carbonyl (C=O) groups is 2. The lowest BCUT2D eigenvalue weighted by Gasteiger charge is -2.33. The third-order valence-corrected chi connectivity index (χ3v) is 11.7. The van der Waals surface area contributed by atoms with Crippen molar-refractivity contribution in [2.24, 2.45) is 5.92 Å². The van der Waals surface area contributed by atoms with Crippen LogP contribution in [0.3, 0.4) is 0 Å². The Balaban J connectivity index is 1.12. The summed E-state index contributed by atoms with van der Waals surface area (Å²) in [6, 6.07) is 19.6. The predicted molar refractivity (Wildman–Crippen MR) is 222 cm³/mol. The Kier molecular flexibility index (Phi) is 15.0. The number of nitrogens with zero attached hydrogens (tertiary/aromatic N) is 3. The van der Waals surface area contributed by atoms with Gasteiger partial charge in [-0.15, -0.1) is 0 Å². The van der Waals surface area contributed by atoms with Crippen molar-refractivity contribution in [2.45, 2.75) is 97.1 Å². The zero-order chi connectivity index (χ0) is 41.0. The number of halogens is 1. The number of hydrogen-bond donors (Lipinski definition) is 2. The number of rotatable bonds is 17. The number of aliphatic carboxylic acids is 1. The standard InChI is InChI=1S/C46H53ClN4O7/c1-30-35(9-6-10-38(30)39-11-7-13-42(31(39)2)56-20-8-18-50-37-16-14-34(15-17-37)46(54)55-3)29-58-44-23-43(57-28-33-21-32(24-48)25-49-26-33)36(22-40(44)47)27-51-19-5-4-12-41(51)45(52)53/h6-7,9-11,13,21-23,25-26,34,37,41,50H,4-5,8,12,14-20,27-29H2,1-3H3,(H,52,53)/t34?,37?,41-/m0/s1. The molecule has 0 bridgehead atoms. The summed E-state index contributed by atoms with van der Waals surface area (Å²) in [5.74, 6) is 0.916. The number of methoxy groups -OCH3 is 1. The van der Waals surface area contributed by atoms with Gasteiger partial charge in [0.2, 0.25) is 0 Å². The Hall–Kier alpha value is -5.15. The molecule has 3 aromatic carbocycles. The van der Waals surface area contributed by atoms with Crippen LogP contribution in [0.1, 0.15) is 84.7 Å². The van der Waals surface area contributed by atoms with Crippen molar-refractivity contribution < 1.29 is 33.6 Å². The molecule has 2 heterocycles. The monoisotopic (exact) mass is 808 g/mol. The molecule has 0 radical (unpaired) electrons. The van der Waals surface area contributed by atoms with Crippen LogP contribution in [-0.4, -0.2) is 65.8 Å². The van der Waals surface area contributed by atoms with E-state index < -0.39 is 12.0 Å². The Bertz CT molecular complexity index is 2100. The number of piperidine rings is 1. The second-order valence-electron chi connectivity index (χ2n) is 15.2. The summed E-state index contributed by atoms with van der Waals surface area (Å²) in [5.41, 5.74) is 7.22. The van der Waals surface area contributed by atoms with Crippen molar-refractivity contribution in [1.82, 2.24) is 15.2 Å². The topological polar surface area (TPSA) is 143 Å². The highest BCUT2D eigenvalue weighted by Gasteiger charge is 2.30. The molecule has 6 rings (SSSR count). The van der Waals surface area contributed by atoms with Crippen LogP contribution in [0.15, 0.2) is 67.0 Å². The normalized spacial score (nSPS) is 18.2. The minimum atomic E-state index is -0.837. The number of aromatic nitrogens is 1. The molecular weight excluding hydrogens is 756 g/mol. The molecule has 0 unspecified atom stereocenters. The highest BCUT2D eigenvalue weighted by atomic mass is 35.5. The smallest absolute Gasteiger partial charge is 0.320 e. The Morgan fingerprint density at radius 1 is 0.897 bits per heavy atom. The Labute approximate surface area is 346 Å². The zero-order valence-electron chi connectivity index (χ0n) is 33.6. The number of likely N-dealkylation sites (tertiary alicyclic amines) is 1. The van der Waals surface area contributed by atoms with Crippen LogP contribution in [0.5, 0.6) is 17.2 Å². The molecule has 4 aromatic rings. The summed E-state index contributed by atoms with van der Waals surface area (Å²) < 4.78 is 23.9. The maximum absolute atomic E-state index is 12.1. The number of pyridine rings is 1. The lowest BCUT2D eigenvalue weighted by Crippen LogP contribution is -2.44. The third-order valence-electron chi connectivity index (χ3n) is 11.4. The van der Waals surface area contributed by atoms with E-state index in [1.54, 1.807) is 24.4 Å². The highest BCUT2D eigenvalue weighted by molar-refractivity contribution is 6.32. The molecule has 2 fully saturated rings. The van der Waals surface area contributed by atoms with E-state index in [1.165, 1.54) is 13.3 Å². The van der Waals surface area contributed by atoms with Gasteiger partial charge >= 0.3 is 11.9 Å². The van der Waals surface area contributed by atoms with Crippen LogP contribution in [-0.2, 0) is 34.1 Å². The fourth-order valence-electron chi connectivity index (χ4n) is 8.02.